The zero-order valence-electron chi connectivity index (χ0n) is 17.6. The molecule has 0 saturated carbocycles. The molecular formula is C22H22N2O6S. The highest BCUT2D eigenvalue weighted by Gasteiger charge is 2.22. The number of ether oxygens (including phenoxy) is 5. The molecule has 0 radical (unpaired) electrons. The van der Waals surface area contributed by atoms with E-state index in [1.165, 1.54) is 32.7 Å². The molecule has 1 aliphatic heterocycles. The quantitative estimate of drug-likeness (QED) is 0.591. The van der Waals surface area contributed by atoms with Gasteiger partial charge in [-0.2, -0.15) is 0 Å². The van der Waals surface area contributed by atoms with Crippen LogP contribution in [0.25, 0.3) is 0 Å². The first-order chi connectivity index (χ1) is 15.0. The maximum Gasteiger partial charge on any atom is 0.261 e. The zero-order chi connectivity index (χ0) is 22.0. The molecule has 0 aliphatic carbocycles. The van der Waals surface area contributed by atoms with Crippen LogP contribution in [0.4, 0.5) is 5.13 Å². The number of carbonyl (C=O) groups excluding carboxylic acids is 1. The van der Waals surface area contributed by atoms with Crippen molar-refractivity contribution in [2.45, 2.75) is 13.3 Å². The Bertz CT molecular complexity index is 1130. The topological polar surface area (TPSA) is 88.1 Å². The number of aromatic nitrogens is 1. The first kappa shape index (κ1) is 20.8. The molecule has 31 heavy (non-hydrogen) atoms. The van der Waals surface area contributed by atoms with E-state index in [2.05, 4.69) is 10.3 Å². The average molecular weight is 442 g/mol. The average Bonchev–Trinajstić information content (AvgIpc) is 3.38. The fourth-order valence-electron chi connectivity index (χ4n) is 3.33. The number of nitrogens with one attached hydrogen (secondary N) is 1. The number of carbonyl (C=O) groups is 1. The van der Waals surface area contributed by atoms with Crippen LogP contribution >= 0.6 is 11.3 Å². The molecule has 0 bridgehead atoms. The van der Waals surface area contributed by atoms with E-state index in [4.69, 9.17) is 23.7 Å². The van der Waals surface area contributed by atoms with Crippen molar-refractivity contribution < 1.29 is 28.5 Å². The van der Waals surface area contributed by atoms with E-state index < -0.39 is 0 Å². The van der Waals surface area contributed by atoms with Gasteiger partial charge in [-0.05, 0) is 36.8 Å². The molecule has 162 valence electrons. The van der Waals surface area contributed by atoms with Crippen LogP contribution in [-0.4, -0.2) is 39.0 Å². The Hall–Kier alpha value is -3.46. The molecule has 0 saturated heterocycles. The summed E-state index contributed by atoms with van der Waals surface area (Å²) in [5.41, 5.74) is 2.26. The van der Waals surface area contributed by atoms with Crippen molar-refractivity contribution in [3.8, 4) is 28.7 Å². The number of hydrogen-bond donors (Lipinski definition) is 1. The first-order valence-corrected chi connectivity index (χ1v) is 10.3. The maximum absolute atomic E-state index is 12.9. The van der Waals surface area contributed by atoms with Gasteiger partial charge in [0, 0.05) is 11.3 Å². The van der Waals surface area contributed by atoms with E-state index in [-0.39, 0.29) is 12.7 Å². The Labute approximate surface area is 183 Å². The number of aryl methyl sites for hydroxylation is 1. The minimum atomic E-state index is -0.346. The molecule has 1 N–H and O–H groups in total. The fraction of sp³-hybridized carbons (Fsp3) is 0.273. The van der Waals surface area contributed by atoms with Crippen LogP contribution in [0.1, 0.15) is 26.5 Å². The van der Waals surface area contributed by atoms with Crippen molar-refractivity contribution in [3.63, 3.8) is 0 Å². The summed E-state index contributed by atoms with van der Waals surface area (Å²) in [6.45, 7) is 2.17. The van der Waals surface area contributed by atoms with Crippen LogP contribution in [-0.2, 0) is 6.42 Å². The lowest BCUT2D eigenvalue weighted by Crippen LogP contribution is -2.13. The number of rotatable bonds is 7. The Kier molecular flexibility index (Phi) is 5.85. The van der Waals surface area contributed by atoms with Gasteiger partial charge in [0.25, 0.3) is 5.91 Å². The normalized spacial score (nSPS) is 11.9. The second-order valence-electron chi connectivity index (χ2n) is 6.73. The highest BCUT2D eigenvalue weighted by Crippen LogP contribution is 2.40. The Morgan fingerprint density at radius 3 is 2.58 bits per heavy atom. The first-order valence-electron chi connectivity index (χ1n) is 9.49. The van der Waals surface area contributed by atoms with Gasteiger partial charge < -0.3 is 23.7 Å². The predicted octanol–water partition coefficient (Wildman–Crippen LogP) is 4.05. The third kappa shape index (κ3) is 4.09. The van der Waals surface area contributed by atoms with Gasteiger partial charge in [-0.15, -0.1) is 11.3 Å². The molecule has 3 aromatic rings. The molecule has 0 unspecified atom stereocenters. The van der Waals surface area contributed by atoms with Crippen LogP contribution in [0, 0.1) is 6.92 Å². The standard InChI is InChI=1S/C22H22N2O6S/c1-12-18(10-13-5-7-15-17(9-13)30-11-29-15)31-22(23-12)24-21(25)14-6-8-16(26-2)20(28-4)19(14)27-3/h5-9H,10-11H2,1-4H3,(H,23,24,25). The minimum Gasteiger partial charge on any atom is -0.493 e. The summed E-state index contributed by atoms with van der Waals surface area (Å²) in [5.74, 6) is 2.29. The lowest BCUT2D eigenvalue weighted by molar-refractivity contribution is 0.102. The summed E-state index contributed by atoms with van der Waals surface area (Å²) in [5, 5.41) is 3.37. The van der Waals surface area contributed by atoms with Gasteiger partial charge in [0.2, 0.25) is 12.5 Å². The third-order valence-electron chi connectivity index (χ3n) is 4.86. The van der Waals surface area contributed by atoms with E-state index in [0.717, 1.165) is 27.6 Å². The summed E-state index contributed by atoms with van der Waals surface area (Å²) in [6, 6.07) is 9.16. The van der Waals surface area contributed by atoms with Gasteiger partial charge in [-0.25, -0.2) is 4.98 Å². The highest BCUT2D eigenvalue weighted by atomic mass is 32.1. The predicted molar refractivity (Wildman–Crippen MR) is 116 cm³/mol. The number of thiazole rings is 1. The number of anilines is 1. The van der Waals surface area contributed by atoms with Crippen LogP contribution in [0.15, 0.2) is 30.3 Å². The smallest absolute Gasteiger partial charge is 0.261 e. The number of hydrogen-bond acceptors (Lipinski definition) is 8. The van der Waals surface area contributed by atoms with Crippen LogP contribution in [0.2, 0.25) is 0 Å². The third-order valence-corrected chi connectivity index (χ3v) is 5.94. The maximum atomic E-state index is 12.9. The van der Waals surface area contributed by atoms with Crippen molar-refractivity contribution >= 4 is 22.4 Å². The van der Waals surface area contributed by atoms with E-state index in [0.29, 0.717) is 34.4 Å². The fourth-order valence-corrected chi connectivity index (χ4v) is 4.32. The molecule has 9 heteroatoms. The van der Waals surface area contributed by atoms with E-state index in [1.54, 1.807) is 12.1 Å². The number of nitrogens with zero attached hydrogens (tertiary/aromatic N) is 1. The van der Waals surface area contributed by atoms with Gasteiger partial charge in [0.05, 0.1) is 32.6 Å². The summed E-state index contributed by atoms with van der Waals surface area (Å²) in [4.78, 5) is 18.5. The molecular weight excluding hydrogens is 420 g/mol. The van der Waals surface area contributed by atoms with Gasteiger partial charge in [-0.1, -0.05) is 6.07 Å². The monoisotopic (exact) mass is 442 g/mol. The van der Waals surface area contributed by atoms with Crippen LogP contribution in [0.5, 0.6) is 28.7 Å². The molecule has 0 atom stereocenters. The molecule has 1 aliphatic rings. The minimum absolute atomic E-state index is 0.244. The van der Waals surface area contributed by atoms with Crippen molar-refractivity contribution in [2.75, 3.05) is 33.4 Å². The molecule has 1 amide bonds. The molecule has 2 aromatic carbocycles. The second kappa shape index (κ2) is 8.73. The molecule has 4 rings (SSSR count). The lowest BCUT2D eigenvalue weighted by Gasteiger charge is -2.15. The summed E-state index contributed by atoms with van der Waals surface area (Å²) >= 11 is 1.43. The van der Waals surface area contributed by atoms with E-state index in [1.807, 2.05) is 25.1 Å². The summed E-state index contributed by atoms with van der Waals surface area (Å²) < 4.78 is 26.8. The van der Waals surface area contributed by atoms with Gasteiger partial charge in [0.15, 0.2) is 28.1 Å². The molecule has 8 nitrogen and oxygen atoms in total. The van der Waals surface area contributed by atoms with Gasteiger partial charge >= 0.3 is 0 Å². The number of fused-ring (bicyclic) bond motifs is 1. The largest absolute Gasteiger partial charge is 0.493 e. The van der Waals surface area contributed by atoms with Crippen molar-refractivity contribution in [2.24, 2.45) is 0 Å². The summed E-state index contributed by atoms with van der Waals surface area (Å²) in [6.07, 6.45) is 0.676. The SMILES string of the molecule is COc1ccc(C(=O)Nc2nc(C)c(Cc3ccc4c(c3)OCO4)s2)c(OC)c1OC. The highest BCUT2D eigenvalue weighted by molar-refractivity contribution is 7.15. The molecule has 1 aromatic heterocycles. The van der Waals surface area contributed by atoms with Gasteiger partial charge in [0.1, 0.15) is 0 Å². The zero-order valence-corrected chi connectivity index (χ0v) is 18.4. The van der Waals surface area contributed by atoms with Crippen molar-refractivity contribution in [1.82, 2.24) is 4.98 Å². The molecule has 0 spiro atoms. The van der Waals surface area contributed by atoms with Crippen molar-refractivity contribution in [1.29, 1.82) is 0 Å². The van der Waals surface area contributed by atoms with Crippen molar-refractivity contribution in [3.05, 3.63) is 52.0 Å². The lowest BCUT2D eigenvalue weighted by atomic mass is 10.1. The molecule has 0 fully saturated rings. The van der Waals surface area contributed by atoms with Crippen LogP contribution < -0.4 is 29.0 Å². The van der Waals surface area contributed by atoms with Gasteiger partial charge in [-0.3, -0.25) is 10.1 Å². The Balaban J connectivity index is 1.54. The Morgan fingerprint density at radius 1 is 1.06 bits per heavy atom. The number of benzene rings is 2. The van der Waals surface area contributed by atoms with Crippen LogP contribution in [0.3, 0.4) is 0 Å². The number of amides is 1. The summed E-state index contributed by atoms with van der Waals surface area (Å²) in [7, 11) is 4.50. The number of methoxy groups -OCH3 is 3. The Morgan fingerprint density at radius 2 is 1.84 bits per heavy atom. The molecule has 2 heterocycles. The van der Waals surface area contributed by atoms with E-state index >= 15 is 0 Å². The van der Waals surface area contributed by atoms with E-state index in [9.17, 15) is 4.79 Å². The second-order valence-corrected chi connectivity index (χ2v) is 7.81.